The number of nitrogens with one attached hydrogen (secondary N) is 6. The number of amides is 5. The van der Waals surface area contributed by atoms with Crippen molar-refractivity contribution < 1.29 is 44.1 Å². The molecule has 26 heteroatoms. The number of carboxylic acids is 1. The summed E-state index contributed by atoms with van der Waals surface area (Å²) < 4.78 is 0. The minimum atomic E-state index is -1.51. The number of phenolic OH excluding ortho intramolecular Hbond substituents is 2. The first-order valence-corrected chi connectivity index (χ1v) is 23.5. The van der Waals surface area contributed by atoms with Crippen LogP contribution in [0.2, 0.25) is 5.02 Å². The van der Waals surface area contributed by atoms with Gasteiger partial charge in [-0.2, -0.15) is 0 Å². The number of hydrogen-bond donors (Lipinski definition) is 16. The SMILES string of the molecule is NC(N)=NCCC[C@H](NC(=O)[C@H](Cc1c[nH]c2ccccc12)NC(=O)[C@H](CCCN=C(N)N)NC(=O)[C@H](Cc1ccc(O)c(Cl)c1)NC(=O)[C@H](Cc1ccc(O)cc1)NC(=O)[C@@H](N)CCCN=C(N)N)C(=O)O. The second-order valence-corrected chi connectivity index (χ2v) is 17.4. The third kappa shape index (κ3) is 19.4. The van der Waals surface area contributed by atoms with Gasteiger partial charge in [0.05, 0.1) is 11.1 Å². The minimum Gasteiger partial charge on any atom is -0.508 e. The smallest absolute Gasteiger partial charge is 0.326 e. The molecule has 4 rings (SSSR count). The number of aromatic amines is 1. The number of halogens is 1. The molecule has 1 aromatic heterocycles. The van der Waals surface area contributed by atoms with Crippen LogP contribution in [0.15, 0.2) is 87.9 Å². The number of fused-ring (bicyclic) bond motifs is 1. The van der Waals surface area contributed by atoms with Gasteiger partial charge in [0.1, 0.15) is 41.7 Å². The van der Waals surface area contributed by atoms with Crippen molar-refractivity contribution in [2.45, 2.75) is 94.0 Å². The van der Waals surface area contributed by atoms with Gasteiger partial charge in [-0.25, -0.2) is 4.79 Å². The fourth-order valence-corrected chi connectivity index (χ4v) is 7.68. The summed E-state index contributed by atoms with van der Waals surface area (Å²) in [5.74, 6) is -6.42. The van der Waals surface area contributed by atoms with E-state index in [4.69, 9.17) is 51.7 Å². The molecule has 23 N–H and O–H groups in total. The number of aromatic nitrogens is 1. The number of nitrogens with two attached hydrogens (primary N) is 7. The molecule has 0 aliphatic rings. The van der Waals surface area contributed by atoms with Crippen LogP contribution in [0, 0.1) is 0 Å². The second kappa shape index (κ2) is 28.5. The van der Waals surface area contributed by atoms with Crippen LogP contribution in [0.5, 0.6) is 11.5 Å². The molecule has 3 aromatic carbocycles. The monoisotopic (exact) mass is 1030 g/mol. The molecule has 25 nitrogen and oxygen atoms in total. The zero-order valence-electron chi connectivity index (χ0n) is 39.9. The van der Waals surface area contributed by atoms with Crippen molar-refractivity contribution in [1.82, 2.24) is 31.6 Å². The van der Waals surface area contributed by atoms with E-state index < -0.39 is 71.8 Å². The van der Waals surface area contributed by atoms with Crippen LogP contribution in [0.3, 0.4) is 0 Å². The number of phenols is 2. The highest BCUT2D eigenvalue weighted by molar-refractivity contribution is 6.32. The third-order valence-electron chi connectivity index (χ3n) is 11.3. The lowest BCUT2D eigenvalue weighted by molar-refractivity contribution is -0.142. The number of aliphatic carboxylic acids is 1. The molecule has 394 valence electrons. The molecule has 73 heavy (non-hydrogen) atoms. The molecule has 0 fully saturated rings. The van der Waals surface area contributed by atoms with E-state index >= 15 is 0 Å². The summed E-state index contributed by atoms with van der Waals surface area (Å²) in [6.07, 6.45) is 1.70. The van der Waals surface area contributed by atoms with Gasteiger partial charge in [-0.05, 0) is 85.5 Å². The summed E-state index contributed by atoms with van der Waals surface area (Å²) in [6, 6.07) is 8.94. The summed E-state index contributed by atoms with van der Waals surface area (Å²) in [7, 11) is 0. The van der Waals surface area contributed by atoms with Crippen molar-refractivity contribution in [3.8, 4) is 11.5 Å². The topological polar surface area (TPSA) is 458 Å². The van der Waals surface area contributed by atoms with E-state index in [9.17, 15) is 44.1 Å². The summed E-state index contributed by atoms with van der Waals surface area (Å²) >= 11 is 6.25. The first-order chi connectivity index (χ1) is 34.7. The molecule has 1 heterocycles. The lowest BCUT2D eigenvalue weighted by Gasteiger charge is -2.27. The molecular weight excluding hydrogens is 968 g/mol. The number of benzene rings is 3. The first-order valence-electron chi connectivity index (χ1n) is 23.2. The summed E-state index contributed by atoms with van der Waals surface area (Å²) in [5.41, 5.74) is 41.1. The van der Waals surface area contributed by atoms with Gasteiger partial charge < -0.3 is 87.0 Å². The van der Waals surface area contributed by atoms with Crippen LogP contribution in [0.25, 0.3) is 10.9 Å². The van der Waals surface area contributed by atoms with E-state index in [0.29, 0.717) is 23.1 Å². The Balaban J connectivity index is 1.69. The number of carbonyl (C=O) groups excluding carboxylic acids is 5. The van der Waals surface area contributed by atoms with Crippen molar-refractivity contribution in [3.05, 3.63) is 94.6 Å². The van der Waals surface area contributed by atoms with E-state index in [1.165, 1.54) is 42.5 Å². The van der Waals surface area contributed by atoms with Gasteiger partial charge in [0, 0.05) is 56.0 Å². The van der Waals surface area contributed by atoms with Crippen LogP contribution in [0.4, 0.5) is 0 Å². The predicted molar refractivity (Wildman–Crippen MR) is 276 cm³/mol. The number of guanidine groups is 3. The maximum atomic E-state index is 14.7. The Morgan fingerprint density at radius 3 is 1.56 bits per heavy atom. The lowest BCUT2D eigenvalue weighted by Crippen LogP contribution is -2.60. The van der Waals surface area contributed by atoms with Gasteiger partial charge in [-0.1, -0.05) is 48.0 Å². The van der Waals surface area contributed by atoms with Crippen molar-refractivity contribution in [1.29, 1.82) is 0 Å². The minimum absolute atomic E-state index is 0.0165. The standard InChI is InChI=1S/C47H65ClN16O9/c48-30-20-26(13-16-38(30)66)22-36(63-42(70)35(21-25-11-14-28(65)15-12-25)62-39(67)31(49)7-3-17-56-45(50)51)41(69)60-33(9-4-18-57-46(52)53)40(68)64-37(23-27-24-59-32-8-2-1-6-29(27)32)43(71)61-34(44(72)73)10-5-19-58-47(54)55/h1-2,6,8,11-16,20,24,31,33-37,59,65-66H,3-5,7,9-10,17-19,21-23,49H2,(H,60,69)(H,61,71)(H,62,67)(H,63,70)(H,64,68)(H,72,73)(H4,50,51,56)(H4,52,53,57)(H4,54,55,58)/t31-,33-,34-,35-,36-,37-/m0/s1. The highest BCUT2D eigenvalue weighted by atomic mass is 35.5. The van der Waals surface area contributed by atoms with E-state index in [1.54, 1.807) is 24.4 Å². The molecule has 4 aromatic rings. The normalized spacial score (nSPS) is 13.4. The van der Waals surface area contributed by atoms with Gasteiger partial charge in [0.15, 0.2) is 17.9 Å². The molecule has 0 unspecified atom stereocenters. The number of H-pyrrole nitrogens is 1. The summed E-state index contributed by atoms with van der Waals surface area (Å²) in [6.45, 7) is 0.297. The fraction of sp³-hybridized carbons (Fsp3) is 0.383. The fourth-order valence-electron chi connectivity index (χ4n) is 7.48. The average Bonchev–Trinajstić information content (AvgIpc) is 3.75. The molecule has 0 spiro atoms. The van der Waals surface area contributed by atoms with Crippen molar-refractivity contribution >= 4 is 75.9 Å². The molecule has 0 aliphatic heterocycles. The Kier molecular flexibility index (Phi) is 22.4. The quantitative estimate of drug-likeness (QED) is 0.0163. The van der Waals surface area contributed by atoms with Gasteiger partial charge in [0.2, 0.25) is 29.5 Å². The van der Waals surface area contributed by atoms with Gasteiger partial charge >= 0.3 is 5.97 Å². The molecule has 0 aliphatic carbocycles. The largest absolute Gasteiger partial charge is 0.508 e. The van der Waals surface area contributed by atoms with E-state index in [-0.39, 0.29) is 105 Å². The van der Waals surface area contributed by atoms with Gasteiger partial charge in [0.25, 0.3) is 0 Å². The Morgan fingerprint density at radius 2 is 1.01 bits per heavy atom. The molecular formula is C47H65ClN16O9. The molecule has 5 amide bonds. The predicted octanol–water partition coefficient (Wildman–Crippen LogP) is -1.74. The Hall–Kier alpha value is -8.32. The number of aromatic hydroxyl groups is 2. The van der Waals surface area contributed by atoms with Crippen LogP contribution in [-0.4, -0.2) is 130 Å². The molecule has 0 radical (unpaired) electrons. The van der Waals surface area contributed by atoms with Crippen molar-refractivity contribution in [2.75, 3.05) is 19.6 Å². The Labute approximate surface area is 425 Å². The molecule has 0 saturated heterocycles. The highest BCUT2D eigenvalue weighted by Gasteiger charge is 2.34. The van der Waals surface area contributed by atoms with Crippen LogP contribution < -0.4 is 66.7 Å². The zero-order chi connectivity index (χ0) is 53.6. The molecule has 0 saturated carbocycles. The summed E-state index contributed by atoms with van der Waals surface area (Å²) in [4.78, 5) is 98.4. The van der Waals surface area contributed by atoms with Crippen molar-refractivity contribution in [3.63, 3.8) is 0 Å². The summed E-state index contributed by atoms with van der Waals surface area (Å²) in [5, 5.41) is 44.1. The van der Waals surface area contributed by atoms with Crippen molar-refractivity contribution in [2.24, 2.45) is 55.1 Å². The third-order valence-corrected chi connectivity index (χ3v) is 11.6. The van der Waals surface area contributed by atoms with Crippen LogP contribution in [0.1, 0.15) is 55.2 Å². The Morgan fingerprint density at radius 1 is 0.562 bits per heavy atom. The van der Waals surface area contributed by atoms with E-state index in [0.717, 1.165) is 10.9 Å². The van der Waals surface area contributed by atoms with Crippen LogP contribution >= 0.6 is 11.6 Å². The van der Waals surface area contributed by atoms with E-state index in [1.807, 2.05) is 6.07 Å². The number of para-hydroxylation sites is 1. The van der Waals surface area contributed by atoms with Gasteiger partial charge in [-0.15, -0.1) is 0 Å². The Bertz CT molecular complexity index is 2610. The zero-order valence-corrected chi connectivity index (χ0v) is 40.7. The highest BCUT2D eigenvalue weighted by Crippen LogP contribution is 2.25. The second-order valence-electron chi connectivity index (χ2n) is 17.0. The van der Waals surface area contributed by atoms with Crippen LogP contribution in [-0.2, 0) is 48.0 Å². The number of aliphatic imine (C=N–C) groups is 3. The number of rotatable bonds is 29. The lowest BCUT2D eigenvalue weighted by atomic mass is 10.0. The number of carbonyl (C=O) groups is 6. The van der Waals surface area contributed by atoms with Gasteiger partial charge in [-0.3, -0.25) is 38.9 Å². The maximum Gasteiger partial charge on any atom is 0.326 e. The molecule has 0 bridgehead atoms. The number of hydrogen-bond acceptors (Lipinski definition) is 12. The van der Waals surface area contributed by atoms with E-state index in [2.05, 4.69) is 46.5 Å². The average molecular weight is 1030 g/mol. The first kappa shape index (κ1) is 57.3. The molecule has 6 atom stereocenters. The number of carboxylic acid groups (broad SMARTS) is 1. The maximum absolute atomic E-state index is 14.7. The number of nitrogens with zero attached hydrogens (tertiary/aromatic N) is 3.